The molecule has 0 N–H and O–H groups in total. The maximum atomic E-state index is 2.55. The molecule has 0 aliphatic rings. The number of hydrogen-bond donors (Lipinski definition) is 0. The summed E-state index contributed by atoms with van der Waals surface area (Å²) in [6, 6.07) is 47.1. The third kappa shape index (κ3) is 4.32. The molecule has 6 aromatic carbocycles. The number of benzene rings is 6. The summed E-state index contributed by atoms with van der Waals surface area (Å²) in [7, 11) is 0. The van der Waals surface area contributed by atoms with Crippen molar-refractivity contribution in [3.8, 4) is 11.4 Å². The monoisotopic (exact) mass is 570 g/mol. The van der Waals surface area contributed by atoms with Gasteiger partial charge in [0.1, 0.15) is 0 Å². The minimum atomic E-state index is 1.13. The summed E-state index contributed by atoms with van der Waals surface area (Å²) in [4.78, 5) is 0. The highest BCUT2D eigenvalue weighted by Crippen LogP contribution is 2.43. The van der Waals surface area contributed by atoms with Crippen molar-refractivity contribution in [2.45, 2.75) is 51.9 Å². The lowest BCUT2D eigenvalue weighted by Gasteiger charge is -2.15. The lowest BCUT2D eigenvalue weighted by atomic mass is 9.97. The summed E-state index contributed by atoms with van der Waals surface area (Å²) in [5.74, 6) is 0. The Morgan fingerprint density at radius 1 is 0.432 bits per heavy atom. The predicted octanol–water partition coefficient (Wildman–Crippen LogP) is 11.9. The molecule has 0 aliphatic carbocycles. The Balaban J connectivity index is 1.40. The molecule has 2 heteroatoms. The van der Waals surface area contributed by atoms with Crippen LogP contribution < -0.4 is 0 Å². The van der Waals surface area contributed by atoms with E-state index in [1.165, 1.54) is 110 Å². The fraction of sp³-hybridized carbons (Fsp3) is 0.190. The van der Waals surface area contributed by atoms with Crippen molar-refractivity contribution >= 4 is 54.4 Å². The van der Waals surface area contributed by atoms with E-state index in [4.69, 9.17) is 0 Å². The highest BCUT2D eigenvalue weighted by Gasteiger charge is 2.21. The van der Waals surface area contributed by atoms with E-state index in [1.807, 2.05) is 0 Å². The molecule has 0 radical (unpaired) electrons. The maximum Gasteiger partial charge on any atom is 0.0641 e. The summed E-state index contributed by atoms with van der Waals surface area (Å²) in [5, 5.41) is 7.87. The number of para-hydroxylation sites is 3. The van der Waals surface area contributed by atoms with Gasteiger partial charge in [-0.15, -0.1) is 0 Å². The number of aromatic nitrogens is 2. The summed E-state index contributed by atoms with van der Waals surface area (Å²) in [6.45, 7) is 2.29. The first-order chi connectivity index (χ1) is 21.8. The zero-order chi connectivity index (χ0) is 29.5. The number of nitrogens with zero attached hydrogens (tertiary/aromatic N) is 2. The molecule has 8 rings (SSSR count). The summed E-state index contributed by atoms with van der Waals surface area (Å²) < 4.78 is 4.97. The van der Waals surface area contributed by atoms with E-state index in [9.17, 15) is 0 Å². The van der Waals surface area contributed by atoms with Crippen LogP contribution in [0.2, 0.25) is 0 Å². The van der Waals surface area contributed by atoms with E-state index >= 15 is 0 Å². The molecule has 2 aromatic heterocycles. The largest absolute Gasteiger partial charge is 0.309 e. The van der Waals surface area contributed by atoms with Crippen molar-refractivity contribution in [2.24, 2.45) is 0 Å². The summed E-state index contributed by atoms with van der Waals surface area (Å²) in [6.07, 6.45) is 9.06. The molecule has 0 spiro atoms. The van der Waals surface area contributed by atoms with E-state index in [0.29, 0.717) is 0 Å². The predicted molar refractivity (Wildman–Crippen MR) is 190 cm³/mol. The fourth-order valence-corrected chi connectivity index (χ4v) is 7.47. The smallest absolute Gasteiger partial charge is 0.0641 e. The normalized spacial score (nSPS) is 11.9. The minimum Gasteiger partial charge on any atom is -0.309 e. The standard InChI is InChI=1S/C42H38N2/c1-2-3-4-5-6-8-17-30-26-28-39(33-21-12-11-20-32(30)33)44-37-24-15-13-22-34(37)35-27-29-40-41(42(35)44)36-23-14-16-25-38(36)43(40)31-18-9-7-10-19-31/h7,9-16,18-29H,2-6,8,17H2,1H3. The molecule has 0 amide bonds. The average Bonchev–Trinajstić information content (AvgIpc) is 3.59. The average molecular weight is 571 g/mol. The Morgan fingerprint density at radius 2 is 1.07 bits per heavy atom. The second-order valence-electron chi connectivity index (χ2n) is 12.2. The summed E-state index contributed by atoms with van der Waals surface area (Å²) in [5.41, 5.74) is 8.90. The molecule has 216 valence electrons. The number of rotatable bonds is 9. The third-order valence-electron chi connectivity index (χ3n) is 9.52. The van der Waals surface area contributed by atoms with Crippen LogP contribution in [-0.2, 0) is 6.42 Å². The van der Waals surface area contributed by atoms with Gasteiger partial charge in [0.05, 0.1) is 27.8 Å². The van der Waals surface area contributed by atoms with Crippen molar-refractivity contribution in [3.05, 3.63) is 133 Å². The van der Waals surface area contributed by atoms with Gasteiger partial charge in [-0.3, -0.25) is 0 Å². The first-order valence-electron chi connectivity index (χ1n) is 16.4. The highest BCUT2D eigenvalue weighted by molar-refractivity contribution is 6.26. The molecule has 0 bridgehead atoms. The zero-order valence-corrected chi connectivity index (χ0v) is 25.5. The van der Waals surface area contributed by atoms with Crippen molar-refractivity contribution in [1.29, 1.82) is 0 Å². The van der Waals surface area contributed by atoms with Gasteiger partial charge in [-0.1, -0.05) is 130 Å². The van der Waals surface area contributed by atoms with Crippen molar-refractivity contribution in [2.75, 3.05) is 0 Å². The molecule has 0 fully saturated rings. The van der Waals surface area contributed by atoms with E-state index in [0.717, 1.165) is 6.42 Å². The minimum absolute atomic E-state index is 1.13. The van der Waals surface area contributed by atoms with Crippen LogP contribution in [0.15, 0.2) is 127 Å². The van der Waals surface area contributed by atoms with Gasteiger partial charge in [0.2, 0.25) is 0 Å². The first kappa shape index (κ1) is 26.8. The van der Waals surface area contributed by atoms with Gasteiger partial charge in [0, 0.05) is 32.6 Å². The maximum absolute atomic E-state index is 2.55. The Kier molecular flexibility index (Phi) is 6.91. The molecule has 0 aliphatic heterocycles. The first-order valence-corrected chi connectivity index (χ1v) is 16.4. The lowest BCUT2D eigenvalue weighted by molar-refractivity contribution is 0.608. The van der Waals surface area contributed by atoms with E-state index in [2.05, 4.69) is 143 Å². The second-order valence-corrected chi connectivity index (χ2v) is 12.2. The molecule has 44 heavy (non-hydrogen) atoms. The van der Waals surface area contributed by atoms with Crippen LogP contribution in [0.4, 0.5) is 0 Å². The molecule has 0 atom stereocenters. The van der Waals surface area contributed by atoms with Crippen LogP contribution in [0, 0.1) is 0 Å². The van der Waals surface area contributed by atoms with Gasteiger partial charge >= 0.3 is 0 Å². The SMILES string of the molecule is CCCCCCCCc1ccc(-n2c3ccccc3c3ccc4c(c5ccccc5n4-c4ccccc4)c32)c2ccccc12. The fourth-order valence-electron chi connectivity index (χ4n) is 7.47. The van der Waals surface area contributed by atoms with Crippen molar-refractivity contribution < 1.29 is 0 Å². The number of unbranched alkanes of at least 4 members (excludes halogenated alkanes) is 5. The van der Waals surface area contributed by atoms with Gasteiger partial charge < -0.3 is 9.13 Å². The molecule has 0 saturated carbocycles. The Hall–Kier alpha value is -4.82. The number of hydrogen-bond acceptors (Lipinski definition) is 0. The zero-order valence-electron chi connectivity index (χ0n) is 25.5. The van der Waals surface area contributed by atoms with Gasteiger partial charge in [-0.25, -0.2) is 0 Å². The highest BCUT2D eigenvalue weighted by atomic mass is 15.0. The van der Waals surface area contributed by atoms with Gasteiger partial charge in [-0.2, -0.15) is 0 Å². The molecular weight excluding hydrogens is 532 g/mol. The molecule has 0 unspecified atom stereocenters. The third-order valence-corrected chi connectivity index (χ3v) is 9.52. The number of fused-ring (bicyclic) bond motifs is 8. The molecule has 0 saturated heterocycles. The van der Waals surface area contributed by atoms with Crippen LogP contribution >= 0.6 is 0 Å². The second kappa shape index (κ2) is 11.4. The van der Waals surface area contributed by atoms with E-state index in [1.54, 1.807) is 0 Å². The Labute approximate surface area is 259 Å². The van der Waals surface area contributed by atoms with E-state index < -0.39 is 0 Å². The quantitative estimate of drug-likeness (QED) is 0.153. The van der Waals surface area contributed by atoms with Crippen LogP contribution in [0.1, 0.15) is 51.0 Å². The van der Waals surface area contributed by atoms with Crippen molar-refractivity contribution in [1.82, 2.24) is 9.13 Å². The molecule has 2 nitrogen and oxygen atoms in total. The number of aryl methyl sites for hydroxylation is 1. The molecule has 2 heterocycles. The van der Waals surface area contributed by atoms with Crippen molar-refractivity contribution in [3.63, 3.8) is 0 Å². The summed E-state index contributed by atoms with van der Waals surface area (Å²) >= 11 is 0. The topological polar surface area (TPSA) is 9.86 Å². The van der Waals surface area contributed by atoms with Crippen LogP contribution in [-0.4, -0.2) is 9.13 Å². The van der Waals surface area contributed by atoms with Crippen LogP contribution in [0.5, 0.6) is 0 Å². The van der Waals surface area contributed by atoms with Crippen LogP contribution in [0.3, 0.4) is 0 Å². The van der Waals surface area contributed by atoms with Gasteiger partial charge in [0.25, 0.3) is 0 Å². The van der Waals surface area contributed by atoms with Gasteiger partial charge in [0.15, 0.2) is 0 Å². The van der Waals surface area contributed by atoms with E-state index in [-0.39, 0.29) is 0 Å². The van der Waals surface area contributed by atoms with Gasteiger partial charge in [-0.05, 0) is 60.2 Å². The molecule has 8 aromatic rings. The Morgan fingerprint density at radius 3 is 1.86 bits per heavy atom. The lowest BCUT2D eigenvalue weighted by Crippen LogP contribution is -1.98. The molecular formula is C42H38N2. The Bertz CT molecular complexity index is 2270. The van der Waals surface area contributed by atoms with Crippen LogP contribution in [0.25, 0.3) is 65.8 Å².